The predicted octanol–water partition coefficient (Wildman–Crippen LogP) is 4.79. The third kappa shape index (κ3) is 7.69. The van der Waals surface area contributed by atoms with Crippen LogP contribution in [0.5, 0.6) is 0 Å². The van der Waals surface area contributed by atoms with Gasteiger partial charge in [0.1, 0.15) is 11.4 Å². The monoisotopic (exact) mass is 389 g/mol. The molecule has 0 spiro atoms. The molecule has 0 aromatic rings. The molecule has 1 amide bonds. The van der Waals surface area contributed by atoms with Gasteiger partial charge in [-0.15, -0.1) is 0 Å². The van der Waals surface area contributed by atoms with Crippen LogP contribution in [0.15, 0.2) is 0 Å². The van der Waals surface area contributed by atoms with Crippen LogP contribution in [0.4, 0.5) is 4.79 Å². The fourth-order valence-electron chi connectivity index (χ4n) is 3.21. The molecular weight excluding hydrogens is 358 g/mol. The molecule has 1 fully saturated rings. The topological polar surface area (TPSA) is 46.6 Å². The minimum absolute atomic E-state index is 0.102. The number of carbonyl (C=O) groups excluding carboxylic acids is 2. The van der Waals surface area contributed by atoms with Crippen LogP contribution in [0, 0.1) is 11.8 Å². The molecule has 0 aromatic heterocycles. The number of ether oxygens (including phenoxy) is 1. The van der Waals surface area contributed by atoms with Gasteiger partial charge in [0.05, 0.1) is 0 Å². The van der Waals surface area contributed by atoms with E-state index in [1.165, 1.54) is 19.3 Å². The number of amides is 1. The lowest BCUT2D eigenvalue weighted by Gasteiger charge is -2.38. The first-order valence-corrected chi connectivity index (χ1v) is 9.91. The zero-order chi connectivity index (χ0) is 17.5. The van der Waals surface area contributed by atoms with Gasteiger partial charge < -0.3 is 9.64 Å². The van der Waals surface area contributed by atoms with E-state index in [1.807, 2.05) is 20.8 Å². The van der Waals surface area contributed by atoms with Crippen molar-refractivity contribution in [1.82, 2.24) is 4.90 Å². The highest BCUT2D eigenvalue weighted by Crippen LogP contribution is 2.30. The first-order chi connectivity index (χ1) is 10.7. The van der Waals surface area contributed by atoms with Crippen LogP contribution in [0.2, 0.25) is 0 Å². The zero-order valence-corrected chi connectivity index (χ0v) is 16.7. The Labute approximate surface area is 149 Å². The van der Waals surface area contributed by atoms with Gasteiger partial charge in [-0.2, -0.15) is 0 Å². The van der Waals surface area contributed by atoms with E-state index in [4.69, 9.17) is 4.74 Å². The summed E-state index contributed by atoms with van der Waals surface area (Å²) in [6.45, 7) is 8.61. The quantitative estimate of drug-likeness (QED) is 0.464. The molecule has 1 heterocycles. The Bertz CT molecular complexity index is 392. The second kappa shape index (κ2) is 9.65. The summed E-state index contributed by atoms with van der Waals surface area (Å²) in [5, 5.41) is 1.05. The van der Waals surface area contributed by atoms with Gasteiger partial charge in [-0.3, -0.25) is 4.79 Å². The smallest absolute Gasteiger partial charge is 0.410 e. The average Bonchev–Trinajstić information content (AvgIpc) is 2.44. The first-order valence-electron chi connectivity index (χ1n) is 8.79. The van der Waals surface area contributed by atoms with Crippen molar-refractivity contribution >= 4 is 27.8 Å². The number of ketones is 1. The highest BCUT2D eigenvalue weighted by molar-refractivity contribution is 9.09. The van der Waals surface area contributed by atoms with E-state index in [0.717, 1.165) is 24.6 Å². The summed E-state index contributed by atoms with van der Waals surface area (Å²) < 4.78 is 5.48. The first kappa shape index (κ1) is 20.5. The Morgan fingerprint density at radius 2 is 1.83 bits per heavy atom. The zero-order valence-electron chi connectivity index (χ0n) is 15.1. The molecular formula is C18H32BrNO3. The Morgan fingerprint density at radius 1 is 1.17 bits per heavy atom. The minimum atomic E-state index is -0.473. The summed E-state index contributed by atoms with van der Waals surface area (Å²) in [5.41, 5.74) is -0.473. The highest BCUT2D eigenvalue weighted by Gasteiger charge is 2.35. The van der Waals surface area contributed by atoms with Crippen LogP contribution in [-0.4, -0.2) is 40.8 Å². The van der Waals surface area contributed by atoms with Crippen molar-refractivity contribution < 1.29 is 14.3 Å². The van der Waals surface area contributed by atoms with Gasteiger partial charge >= 0.3 is 6.09 Å². The molecule has 0 radical (unpaired) electrons. The lowest BCUT2D eigenvalue weighted by atomic mass is 9.80. The molecule has 0 N–H and O–H groups in total. The van der Waals surface area contributed by atoms with Crippen molar-refractivity contribution in [2.24, 2.45) is 11.8 Å². The normalized spacial score (nSPS) is 22.0. The van der Waals surface area contributed by atoms with Crippen LogP contribution < -0.4 is 0 Å². The van der Waals surface area contributed by atoms with Crippen molar-refractivity contribution in [3.05, 3.63) is 0 Å². The number of alkyl halides is 1. The Balaban J connectivity index is 2.55. The number of hydrogen-bond donors (Lipinski definition) is 0. The lowest BCUT2D eigenvalue weighted by molar-refractivity contribution is -0.124. The van der Waals surface area contributed by atoms with Gasteiger partial charge in [0.25, 0.3) is 0 Å². The van der Waals surface area contributed by atoms with Gasteiger partial charge in [0, 0.05) is 24.3 Å². The molecule has 134 valence electrons. The van der Waals surface area contributed by atoms with Crippen molar-refractivity contribution in [3.63, 3.8) is 0 Å². The largest absolute Gasteiger partial charge is 0.444 e. The fraction of sp³-hybridized carbons (Fsp3) is 0.889. The van der Waals surface area contributed by atoms with Gasteiger partial charge in [-0.1, -0.05) is 35.2 Å². The number of hydrogen-bond acceptors (Lipinski definition) is 3. The predicted molar refractivity (Wildman–Crippen MR) is 97.0 cm³/mol. The summed E-state index contributed by atoms with van der Waals surface area (Å²) in [6, 6.07) is 0. The van der Waals surface area contributed by atoms with E-state index in [9.17, 15) is 9.59 Å². The number of piperidine rings is 1. The molecule has 0 bridgehead atoms. The van der Waals surface area contributed by atoms with E-state index in [0.29, 0.717) is 13.1 Å². The molecule has 1 saturated heterocycles. The van der Waals surface area contributed by atoms with Crippen LogP contribution in [0.25, 0.3) is 0 Å². The van der Waals surface area contributed by atoms with Crippen LogP contribution in [-0.2, 0) is 9.53 Å². The van der Waals surface area contributed by atoms with Gasteiger partial charge in [-0.05, 0) is 52.9 Å². The molecule has 1 aliphatic rings. The molecule has 0 aromatic carbocycles. The lowest BCUT2D eigenvalue weighted by Crippen LogP contribution is -2.47. The molecule has 2 atom stereocenters. The molecule has 4 nitrogen and oxygen atoms in total. The summed E-state index contributed by atoms with van der Waals surface area (Å²) in [5.74, 6) is 0.641. The van der Waals surface area contributed by atoms with Gasteiger partial charge in [0.15, 0.2) is 0 Å². The number of nitrogens with zero attached hydrogens (tertiary/aromatic N) is 1. The molecule has 1 aliphatic heterocycles. The van der Waals surface area contributed by atoms with Gasteiger partial charge in [0.2, 0.25) is 0 Å². The summed E-state index contributed by atoms with van der Waals surface area (Å²) in [4.78, 5) is 26.0. The van der Waals surface area contributed by atoms with Crippen molar-refractivity contribution in [2.45, 2.75) is 71.8 Å². The molecule has 0 unspecified atom stereocenters. The van der Waals surface area contributed by atoms with E-state index in [-0.39, 0.29) is 23.7 Å². The summed E-state index contributed by atoms with van der Waals surface area (Å²) in [6.07, 6.45) is 6.28. The van der Waals surface area contributed by atoms with Crippen LogP contribution in [0.3, 0.4) is 0 Å². The third-order valence-corrected chi connectivity index (χ3v) is 4.93. The third-order valence-electron chi connectivity index (χ3n) is 4.37. The van der Waals surface area contributed by atoms with Gasteiger partial charge in [-0.25, -0.2) is 4.79 Å². The number of rotatable bonds is 7. The van der Waals surface area contributed by atoms with E-state index >= 15 is 0 Å². The Kier molecular flexibility index (Phi) is 8.59. The molecule has 0 saturated carbocycles. The van der Waals surface area contributed by atoms with Crippen molar-refractivity contribution in [3.8, 4) is 0 Å². The maximum atomic E-state index is 12.3. The van der Waals surface area contributed by atoms with Crippen LogP contribution >= 0.6 is 15.9 Å². The van der Waals surface area contributed by atoms with E-state index in [1.54, 1.807) is 11.8 Å². The standard InChI is InChI=1S/C18H32BrNO3/c1-14(21)16-10-12-20(17(22)23-18(2,3)4)13-15(16)9-7-5-6-8-11-19/h15-16H,5-13H2,1-4H3/t15-,16+/m0/s1. The maximum Gasteiger partial charge on any atom is 0.410 e. The van der Waals surface area contributed by atoms with E-state index < -0.39 is 5.60 Å². The number of likely N-dealkylation sites (tertiary alicyclic amines) is 1. The second-order valence-corrected chi connectivity index (χ2v) is 8.38. The summed E-state index contributed by atoms with van der Waals surface area (Å²) in [7, 11) is 0. The van der Waals surface area contributed by atoms with Crippen LogP contribution in [0.1, 0.15) is 66.2 Å². The highest BCUT2D eigenvalue weighted by atomic mass is 79.9. The number of halogens is 1. The number of unbranched alkanes of at least 4 members (excludes halogenated alkanes) is 3. The number of carbonyl (C=O) groups is 2. The SMILES string of the molecule is CC(=O)[C@H]1CCN(C(=O)OC(C)(C)C)C[C@@H]1CCCCCCBr. The number of Topliss-reactive ketones (excluding diaryl/α,β-unsaturated/α-hetero) is 1. The van der Waals surface area contributed by atoms with E-state index in [2.05, 4.69) is 15.9 Å². The average molecular weight is 390 g/mol. The summed E-state index contributed by atoms with van der Waals surface area (Å²) >= 11 is 3.45. The maximum absolute atomic E-state index is 12.3. The van der Waals surface area contributed by atoms with Crippen molar-refractivity contribution in [1.29, 1.82) is 0 Å². The minimum Gasteiger partial charge on any atom is -0.444 e. The molecule has 23 heavy (non-hydrogen) atoms. The molecule has 5 heteroatoms. The Morgan fingerprint density at radius 3 is 2.39 bits per heavy atom. The molecule has 1 rings (SSSR count). The second-order valence-electron chi connectivity index (χ2n) is 7.58. The molecule has 0 aliphatic carbocycles. The Hall–Kier alpha value is -0.580. The van der Waals surface area contributed by atoms with Crippen molar-refractivity contribution in [2.75, 3.05) is 18.4 Å². The fourth-order valence-corrected chi connectivity index (χ4v) is 3.60.